The molecule has 0 unspecified atom stereocenters. The highest BCUT2D eigenvalue weighted by Gasteiger charge is 2.50. The maximum Gasteiger partial charge on any atom is 0.326 e. The van der Waals surface area contributed by atoms with Crippen molar-refractivity contribution in [2.45, 2.75) is 24.5 Å². The average Bonchev–Trinajstić information content (AvgIpc) is 2.04. The molecule has 5 heteroatoms. The van der Waals surface area contributed by atoms with Crippen LogP contribution in [0, 0.1) is 0 Å². The third-order valence-corrected chi connectivity index (χ3v) is 2.54. The highest BCUT2D eigenvalue weighted by molar-refractivity contribution is 5.85. The zero-order valence-electron chi connectivity index (χ0n) is 8.12. The van der Waals surface area contributed by atoms with Gasteiger partial charge in [-0.15, -0.1) is 12.4 Å². The number of likely N-dealkylation sites (N-methyl/N-ethyl adjacent to an activating group) is 1. The molecule has 0 spiro atoms. The van der Waals surface area contributed by atoms with Gasteiger partial charge in [-0.05, 0) is 7.05 Å². The van der Waals surface area contributed by atoms with E-state index in [0.29, 0.717) is 12.8 Å². The summed E-state index contributed by atoms with van der Waals surface area (Å²) in [6.45, 7) is 0. The summed E-state index contributed by atoms with van der Waals surface area (Å²) in [6, 6.07) is 0. The Morgan fingerprint density at radius 2 is 2.00 bits per heavy atom. The van der Waals surface area contributed by atoms with E-state index in [1.807, 2.05) is 0 Å². The van der Waals surface area contributed by atoms with Crippen molar-refractivity contribution in [3.63, 3.8) is 0 Å². The molecular formula is C8H16ClNO3. The molecule has 0 aliphatic heterocycles. The molecule has 13 heavy (non-hydrogen) atoms. The molecule has 0 heterocycles. The maximum atomic E-state index is 11.3. The molecule has 1 N–H and O–H groups in total. The third kappa shape index (κ3) is 2.13. The highest BCUT2D eigenvalue weighted by atomic mass is 35.5. The van der Waals surface area contributed by atoms with Gasteiger partial charge in [0.15, 0.2) is 0 Å². The van der Waals surface area contributed by atoms with Crippen molar-refractivity contribution in [3.05, 3.63) is 0 Å². The van der Waals surface area contributed by atoms with Gasteiger partial charge in [0.25, 0.3) is 0 Å². The predicted octanol–water partition coefficient (Wildman–Crippen LogP) is 0.348. The second-order valence-electron chi connectivity index (χ2n) is 3.09. The van der Waals surface area contributed by atoms with Crippen LogP contribution in [0.15, 0.2) is 0 Å². The molecule has 0 amide bonds. The molecule has 1 fully saturated rings. The summed E-state index contributed by atoms with van der Waals surface area (Å²) in [6.07, 6.45) is 1.59. The normalized spacial score (nSPS) is 31.5. The van der Waals surface area contributed by atoms with Gasteiger partial charge < -0.3 is 14.8 Å². The number of carbonyl (C=O) groups excluding carboxylic acids is 1. The van der Waals surface area contributed by atoms with Crippen molar-refractivity contribution in [2.75, 3.05) is 21.3 Å². The third-order valence-electron chi connectivity index (χ3n) is 2.54. The molecule has 0 aromatic heterocycles. The van der Waals surface area contributed by atoms with Crippen molar-refractivity contribution in [1.29, 1.82) is 0 Å². The second-order valence-corrected chi connectivity index (χ2v) is 3.09. The number of rotatable bonds is 3. The molecule has 0 bridgehead atoms. The van der Waals surface area contributed by atoms with E-state index in [-0.39, 0.29) is 24.5 Å². The van der Waals surface area contributed by atoms with E-state index in [9.17, 15) is 4.79 Å². The van der Waals surface area contributed by atoms with Gasteiger partial charge in [-0.1, -0.05) is 0 Å². The Balaban J connectivity index is 0.00000144. The van der Waals surface area contributed by atoms with Crippen LogP contribution in [0.3, 0.4) is 0 Å². The van der Waals surface area contributed by atoms with Crippen LogP contribution >= 0.6 is 12.4 Å². The Labute approximate surface area is 84.4 Å². The minimum Gasteiger partial charge on any atom is -0.468 e. The number of carbonyl (C=O) groups is 1. The van der Waals surface area contributed by atoms with Gasteiger partial charge in [0.2, 0.25) is 0 Å². The Bertz CT molecular complexity index is 180. The van der Waals surface area contributed by atoms with Gasteiger partial charge in [0.05, 0.1) is 13.2 Å². The Kier molecular flexibility index (Phi) is 4.67. The molecular weight excluding hydrogens is 194 g/mol. The van der Waals surface area contributed by atoms with Gasteiger partial charge in [-0.25, -0.2) is 0 Å². The van der Waals surface area contributed by atoms with Crippen molar-refractivity contribution in [2.24, 2.45) is 0 Å². The highest BCUT2D eigenvalue weighted by Crippen LogP contribution is 2.34. The predicted molar refractivity (Wildman–Crippen MR) is 51.1 cm³/mol. The monoisotopic (exact) mass is 209 g/mol. The first-order valence-electron chi connectivity index (χ1n) is 3.98. The van der Waals surface area contributed by atoms with E-state index in [4.69, 9.17) is 4.74 Å². The fraction of sp³-hybridized carbons (Fsp3) is 0.875. The van der Waals surface area contributed by atoms with Gasteiger partial charge in [0, 0.05) is 20.0 Å². The molecule has 1 aliphatic carbocycles. The summed E-state index contributed by atoms with van der Waals surface area (Å²) in [7, 11) is 4.83. The lowest BCUT2D eigenvalue weighted by atomic mass is 9.74. The van der Waals surface area contributed by atoms with Crippen LogP contribution in [0.25, 0.3) is 0 Å². The first-order valence-corrected chi connectivity index (χ1v) is 3.98. The molecule has 0 aromatic carbocycles. The number of esters is 1. The average molecular weight is 210 g/mol. The Hall–Kier alpha value is -0.320. The van der Waals surface area contributed by atoms with Crippen LogP contribution in [0.1, 0.15) is 12.8 Å². The lowest BCUT2D eigenvalue weighted by Crippen LogP contribution is -2.62. The molecule has 0 aromatic rings. The Morgan fingerprint density at radius 3 is 2.31 bits per heavy atom. The van der Waals surface area contributed by atoms with Crippen LogP contribution in [-0.2, 0) is 14.3 Å². The van der Waals surface area contributed by atoms with Crippen LogP contribution in [0.2, 0.25) is 0 Å². The molecule has 0 atom stereocenters. The topological polar surface area (TPSA) is 47.6 Å². The van der Waals surface area contributed by atoms with Crippen molar-refractivity contribution in [3.8, 4) is 0 Å². The lowest BCUT2D eigenvalue weighted by molar-refractivity contribution is -0.159. The number of nitrogens with one attached hydrogen (secondary N) is 1. The van der Waals surface area contributed by atoms with E-state index in [2.05, 4.69) is 10.1 Å². The van der Waals surface area contributed by atoms with E-state index in [0.717, 1.165) is 0 Å². The Morgan fingerprint density at radius 1 is 1.46 bits per heavy atom. The number of halogens is 1. The van der Waals surface area contributed by atoms with Crippen molar-refractivity contribution < 1.29 is 14.3 Å². The molecule has 0 saturated heterocycles. The molecule has 78 valence electrons. The van der Waals surface area contributed by atoms with Crippen molar-refractivity contribution >= 4 is 18.4 Å². The number of ether oxygens (including phenoxy) is 2. The van der Waals surface area contributed by atoms with Gasteiger partial charge in [-0.2, -0.15) is 0 Å². The summed E-state index contributed by atoms with van der Waals surface area (Å²) in [5, 5.41) is 2.98. The quantitative estimate of drug-likeness (QED) is 0.682. The first-order chi connectivity index (χ1) is 5.68. The fourth-order valence-electron chi connectivity index (χ4n) is 1.55. The van der Waals surface area contributed by atoms with Crippen molar-refractivity contribution in [1.82, 2.24) is 5.32 Å². The molecule has 4 nitrogen and oxygen atoms in total. The summed E-state index contributed by atoms with van der Waals surface area (Å²) in [5.74, 6) is -0.196. The second kappa shape index (κ2) is 4.79. The molecule has 1 aliphatic rings. The van der Waals surface area contributed by atoms with E-state index in [1.165, 1.54) is 7.11 Å². The van der Waals surface area contributed by atoms with Crippen LogP contribution in [0.5, 0.6) is 0 Å². The van der Waals surface area contributed by atoms with Gasteiger partial charge >= 0.3 is 5.97 Å². The van der Waals surface area contributed by atoms with Crippen LogP contribution in [-0.4, -0.2) is 38.9 Å². The lowest BCUT2D eigenvalue weighted by Gasteiger charge is -2.43. The number of hydrogen-bond acceptors (Lipinski definition) is 4. The van der Waals surface area contributed by atoms with E-state index in [1.54, 1.807) is 14.2 Å². The van der Waals surface area contributed by atoms with Crippen LogP contribution in [0.4, 0.5) is 0 Å². The zero-order chi connectivity index (χ0) is 9.19. The summed E-state index contributed by atoms with van der Waals surface area (Å²) < 4.78 is 9.77. The summed E-state index contributed by atoms with van der Waals surface area (Å²) in [4.78, 5) is 11.3. The van der Waals surface area contributed by atoms with Gasteiger partial charge in [0.1, 0.15) is 5.54 Å². The molecule has 1 rings (SSSR count). The minimum absolute atomic E-state index is 0. The molecule has 0 radical (unpaired) electrons. The van der Waals surface area contributed by atoms with Crippen LogP contribution < -0.4 is 5.32 Å². The number of methoxy groups -OCH3 is 2. The first kappa shape index (κ1) is 12.7. The standard InChI is InChI=1S/C8H15NO3.ClH/c1-9-8(7(10)12-3)4-6(5-8)11-2;/h6,9H,4-5H2,1-3H3;1H. The van der Waals surface area contributed by atoms with E-state index >= 15 is 0 Å². The van der Waals surface area contributed by atoms with E-state index < -0.39 is 5.54 Å². The SMILES string of the molecule is CNC1(C(=O)OC)CC(OC)C1.Cl. The zero-order valence-corrected chi connectivity index (χ0v) is 8.94. The number of hydrogen-bond donors (Lipinski definition) is 1. The largest absolute Gasteiger partial charge is 0.468 e. The smallest absolute Gasteiger partial charge is 0.326 e. The maximum absolute atomic E-state index is 11.3. The summed E-state index contributed by atoms with van der Waals surface area (Å²) in [5.41, 5.74) is -0.491. The van der Waals surface area contributed by atoms with Gasteiger partial charge in [-0.3, -0.25) is 4.79 Å². The fourth-order valence-corrected chi connectivity index (χ4v) is 1.55. The minimum atomic E-state index is -0.491. The summed E-state index contributed by atoms with van der Waals surface area (Å²) >= 11 is 0. The molecule has 1 saturated carbocycles.